The van der Waals surface area contributed by atoms with Crippen molar-refractivity contribution in [3.8, 4) is 5.75 Å². The van der Waals surface area contributed by atoms with Crippen molar-refractivity contribution in [1.82, 2.24) is 10.3 Å². The van der Waals surface area contributed by atoms with Crippen molar-refractivity contribution >= 4 is 40.5 Å². The van der Waals surface area contributed by atoms with Crippen molar-refractivity contribution in [2.45, 2.75) is 51.4 Å². The van der Waals surface area contributed by atoms with Gasteiger partial charge in [-0.3, -0.25) is 19.7 Å². The fourth-order valence-corrected chi connectivity index (χ4v) is 5.68. The van der Waals surface area contributed by atoms with Crippen LogP contribution in [-0.2, 0) is 20.8 Å². The Bertz CT molecular complexity index is 1450. The number of thioether (sulfide) groups is 1. The Morgan fingerprint density at radius 2 is 1.89 bits per heavy atom. The largest absolute Gasteiger partial charge is 0.492 e. The molecule has 3 N–H and O–H groups in total. The van der Waals surface area contributed by atoms with E-state index in [4.69, 9.17) is 9.84 Å². The molecule has 44 heavy (non-hydrogen) atoms. The van der Waals surface area contributed by atoms with E-state index < -0.39 is 17.0 Å². The van der Waals surface area contributed by atoms with Crippen LogP contribution in [-0.4, -0.2) is 69.1 Å². The lowest BCUT2D eigenvalue weighted by Crippen LogP contribution is -2.48. The molecule has 0 radical (unpaired) electrons. The molecule has 10 nitrogen and oxygen atoms in total. The van der Waals surface area contributed by atoms with Crippen LogP contribution in [0, 0.1) is 5.41 Å². The Hall–Kier alpha value is -4.22. The van der Waals surface area contributed by atoms with E-state index in [2.05, 4.69) is 10.3 Å². The summed E-state index contributed by atoms with van der Waals surface area (Å²) in [7, 11) is 1.97. The van der Waals surface area contributed by atoms with Crippen molar-refractivity contribution < 1.29 is 34.1 Å². The third kappa shape index (κ3) is 9.39. The standard InChI is InChI=1S/C18H19N3O3S.C15H20O4/c1-21(16-4-2-3-9-19-16)10-11-24-14-7-5-13(6-8-14)12-15-17(22)20-18(23)25-15;1-10(7-13(17)18)5-6-15(19)11(2)8-12(16)9-14(15,3)4/h2-9,15H,10-12H2,1H3,(H,20,22,23);5-8,19H,9H2,1-4H3,(H,17,18)/b;6-5+,10-7-/t;15-/m.1/s1. The molecule has 2 amide bonds. The summed E-state index contributed by atoms with van der Waals surface area (Å²) in [4.78, 5) is 51.2. The highest BCUT2D eigenvalue weighted by atomic mass is 32.2. The van der Waals surface area contributed by atoms with Gasteiger partial charge in [0.15, 0.2) is 5.78 Å². The highest BCUT2D eigenvalue weighted by Crippen LogP contribution is 2.44. The van der Waals surface area contributed by atoms with Crippen LogP contribution in [0.3, 0.4) is 0 Å². The maximum Gasteiger partial charge on any atom is 0.328 e. The quantitative estimate of drug-likeness (QED) is 0.251. The fourth-order valence-electron chi connectivity index (χ4n) is 4.82. The molecule has 2 heterocycles. The number of imide groups is 1. The number of amides is 2. The molecule has 4 rings (SSSR count). The van der Waals surface area contributed by atoms with Gasteiger partial charge in [0.2, 0.25) is 5.91 Å². The van der Waals surface area contributed by atoms with E-state index in [1.807, 2.05) is 68.3 Å². The first-order chi connectivity index (χ1) is 20.7. The lowest BCUT2D eigenvalue weighted by molar-refractivity contribution is -0.131. The number of anilines is 1. The molecule has 2 atom stereocenters. The van der Waals surface area contributed by atoms with Gasteiger partial charge >= 0.3 is 5.97 Å². The molecule has 2 aliphatic rings. The van der Waals surface area contributed by atoms with Crippen LogP contribution in [0.1, 0.15) is 39.7 Å². The Morgan fingerprint density at radius 1 is 1.18 bits per heavy atom. The number of benzene rings is 1. The number of nitrogens with one attached hydrogen (secondary N) is 1. The topological polar surface area (TPSA) is 146 Å². The highest BCUT2D eigenvalue weighted by molar-refractivity contribution is 8.15. The number of aliphatic carboxylic acids is 1. The molecule has 0 bridgehead atoms. The predicted octanol–water partition coefficient (Wildman–Crippen LogP) is 4.74. The van der Waals surface area contributed by atoms with Gasteiger partial charge < -0.3 is 19.8 Å². The maximum atomic E-state index is 11.6. The molecule has 0 saturated carbocycles. The first-order valence-electron chi connectivity index (χ1n) is 14.1. The number of hydrogen-bond acceptors (Lipinski definition) is 9. The zero-order valence-corrected chi connectivity index (χ0v) is 26.4. The van der Waals surface area contributed by atoms with Gasteiger partial charge in [0.1, 0.15) is 23.8 Å². The number of rotatable bonds is 10. The van der Waals surface area contributed by atoms with E-state index in [9.17, 15) is 24.3 Å². The number of aromatic nitrogens is 1. The summed E-state index contributed by atoms with van der Waals surface area (Å²) in [6, 6.07) is 13.4. The Kier molecular flexibility index (Phi) is 11.7. The molecule has 1 fully saturated rings. The van der Waals surface area contributed by atoms with Crippen molar-refractivity contribution in [2.75, 3.05) is 25.1 Å². The average molecular weight is 622 g/mol. The number of hydrogen-bond donors (Lipinski definition) is 3. The van der Waals surface area contributed by atoms with Gasteiger partial charge in [0, 0.05) is 31.2 Å². The lowest BCUT2D eigenvalue weighted by atomic mass is 9.64. The molecule has 1 aliphatic heterocycles. The predicted molar refractivity (Wildman–Crippen MR) is 171 cm³/mol. The van der Waals surface area contributed by atoms with E-state index in [1.54, 1.807) is 32.2 Å². The summed E-state index contributed by atoms with van der Waals surface area (Å²) in [6.07, 6.45) is 8.22. The summed E-state index contributed by atoms with van der Waals surface area (Å²) in [5.74, 6) is 0.437. The summed E-state index contributed by atoms with van der Waals surface area (Å²) in [5, 5.41) is 21.1. The monoisotopic (exact) mass is 621 g/mol. The van der Waals surface area contributed by atoms with E-state index in [0.717, 1.165) is 41.5 Å². The van der Waals surface area contributed by atoms with E-state index >= 15 is 0 Å². The van der Waals surface area contributed by atoms with Crippen LogP contribution in [0.4, 0.5) is 10.6 Å². The highest BCUT2D eigenvalue weighted by Gasteiger charge is 2.46. The second-order valence-electron chi connectivity index (χ2n) is 11.4. The minimum Gasteiger partial charge on any atom is -0.492 e. The van der Waals surface area contributed by atoms with Gasteiger partial charge in [-0.15, -0.1) is 0 Å². The first-order valence-corrected chi connectivity index (χ1v) is 15.0. The summed E-state index contributed by atoms with van der Waals surface area (Å²) in [5.41, 5.74) is 0.243. The van der Waals surface area contributed by atoms with E-state index in [1.165, 1.54) is 6.08 Å². The van der Waals surface area contributed by atoms with Gasteiger partial charge in [0.25, 0.3) is 5.24 Å². The molecule has 11 heteroatoms. The average Bonchev–Trinajstić information content (AvgIpc) is 3.27. The number of carboxylic acid groups (broad SMARTS) is 1. The van der Waals surface area contributed by atoms with Gasteiger partial charge in [-0.25, -0.2) is 9.78 Å². The molecule has 1 unspecified atom stereocenters. The number of nitrogens with zero attached hydrogens (tertiary/aromatic N) is 2. The van der Waals surface area contributed by atoms with Gasteiger partial charge in [-0.1, -0.05) is 49.9 Å². The SMILES string of the molecule is CC1=CC(=O)CC(C)(C)[C@@]1(O)/C=C/C(C)=C\C(=O)O.CN(CCOc1ccc(CC2SC(=O)NC2=O)cc1)c1ccccn1. The molecule has 1 aliphatic carbocycles. The number of ether oxygens (including phenoxy) is 1. The minimum absolute atomic E-state index is 0.00150. The molecule has 1 saturated heterocycles. The third-order valence-corrected chi connectivity index (χ3v) is 8.39. The number of carboxylic acids is 1. The maximum absolute atomic E-state index is 11.6. The smallest absolute Gasteiger partial charge is 0.328 e. The van der Waals surface area contributed by atoms with Crippen LogP contribution in [0.25, 0.3) is 0 Å². The lowest BCUT2D eigenvalue weighted by Gasteiger charge is -2.43. The number of likely N-dealkylation sites (N-methyl/N-ethyl adjacent to an activating group) is 1. The van der Waals surface area contributed by atoms with Crippen molar-refractivity contribution in [3.05, 3.63) is 89.7 Å². The molecule has 1 aromatic carbocycles. The molecule has 0 spiro atoms. The fraction of sp³-hybridized carbons (Fsp3) is 0.364. The van der Waals surface area contributed by atoms with Crippen molar-refractivity contribution in [1.29, 1.82) is 0 Å². The number of carbonyl (C=O) groups is 4. The molecular formula is C33H39N3O7S. The van der Waals surface area contributed by atoms with Crippen molar-refractivity contribution in [3.63, 3.8) is 0 Å². The number of pyridine rings is 1. The van der Waals surface area contributed by atoms with Crippen LogP contribution in [0.5, 0.6) is 5.75 Å². The molecule has 234 valence electrons. The second-order valence-corrected chi connectivity index (χ2v) is 12.5. The van der Waals surface area contributed by atoms with Crippen LogP contribution in [0.15, 0.2) is 84.1 Å². The normalized spacial score (nSPS) is 21.3. The zero-order chi connectivity index (χ0) is 32.5. The summed E-state index contributed by atoms with van der Waals surface area (Å²) in [6.45, 7) is 8.26. The number of ketones is 1. The molecular weight excluding hydrogens is 582 g/mol. The van der Waals surface area contributed by atoms with E-state index in [0.29, 0.717) is 24.2 Å². The van der Waals surface area contributed by atoms with Crippen LogP contribution in [0.2, 0.25) is 0 Å². The minimum atomic E-state index is -1.24. The van der Waals surface area contributed by atoms with Gasteiger partial charge in [-0.2, -0.15) is 0 Å². The Morgan fingerprint density at radius 3 is 2.45 bits per heavy atom. The van der Waals surface area contributed by atoms with Gasteiger partial charge in [-0.05, 0) is 73.4 Å². The van der Waals surface area contributed by atoms with Crippen LogP contribution < -0.4 is 15.0 Å². The Balaban J connectivity index is 0.000000251. The summed E-state index contributed by atoms with van der Waals surface area (Å²) < 4.78 is 5.75. The molecule has 2 aromatic rings. The zero-order valence-electron chi connectivity index (χ0n) is 25.6. The van der Waals surface area contributed by atoms with Crippen LogP contribution >= 0.6 is 11.8 Å². The number of carbonyl (C=O) groups excluding carboxylic acids is 3. The summed E-state index contributed by atoms with van der Waals surface area (Å²) >= 11 is 1.05. The third-order valence-electron chi connectivity index (χ3n) is 7.41. The number of allylic oxidation sites excluding steroid dienone is 3. The van der Waals surface area contributed by atoms with Gasteiger partial charge in [0.05, 0.1) is 11.8 Å². The second kappa shape index (κ2) is 15.0. The number of aliphatic hydroxyl groups is 1. The Labute approximate surface area is 261 Å². The molecule has 1 aromatic heterocycles. The van der Waals surface area contributed by atoms with E-state index in [-0.39, 0.29) is 28.6 Å². The first kappa shape index (κ1) is 34.3. The van der Waals surface area contributed by atoms with Crippen molar-refractivity contribution in [2.24, 2.45) is 5.41 Å².